The Morgan fingerprint density at radius 3 is 2.77 bits per heavy atom. The van der Waals surface area contributed by atoms with E-state index in [1.54, 1.807) is 25.1 Å². The van der Waals surface area contributed by atoms with Gasteiger partial charge in [-0.15, -0.1) is 0 Å². The van der Waals surface area contributed by atoms with Gasteiger partial charge in [0.2, 0.25) is 6.73 Å². The molecule has 6 heteroatoms. The molecule has 1 unspecified atom stereocenters. The Labute approximate surface area is 154 Å². The number of hydrogen-bond acceptors (Lipinski definition) is 3. The molecule has 1 aliphatic heterocycles. The average molecular weight is 375 g/mol. The summed E-state index contributed by atoms with van der Waals surface area (Å²) in [6, 6.07) is 8.48. The van der Waals surface area contributed by atoms with Crippen LogP contribution in [0.3, 0.4) is 0 Å². The van der Waals surface area contributed by atoms with Crippen LogP contribution in [0.4, 0.5) is 4.39 Å². The van der Waals surface area contributed by atoms with Crippen LogP contribution in [0.15, 0.2) is 39.5 Å². The number of quaternary nitrogens is 1. The van der Waals surface area contributed by atoms with Gasteiger partial charge in [0.25, 0.3) is 0 Å². The Kier molecular flexibility index (Phi) is 4.21. The lowest BCUT2D eigenvalue weighted by Crippen LogP contribution is -3.11. The maximum atomic E-state index is 14.0. The van der Waals surface area contributed by atoms with E-state index in [4.69, 9.17) is 20.8 Å². The van der Waals surface area contributed by atoms with Gasteiger partial charge in [0.05, 0.1) is 10.6 Å². The predicted molar refractivity (Wildman–Crippen MR) is 97.2 cm³/mol. The summed E-state index contributed by atoms with van der Waals surface area (Å²) < 4.78 is 25.4. The molecule has 2 aromatic carbocycles. The lowest BCUT2D eigenvalue weighted by atomic mass is 10.0. The minimum Gasteiger partial charge on any atom is -0.443 e. The number of nitrogens with one attached hydrogen (secondary N) is 1. The van der Waals surface area contributed by atoms with Crippen molar-refractivity contribution in [3.05, 3.63) is 73.8 Å². The fourth-order valence-electron chi connectivity index (χ4n) is 3.40. The summed E-state index contributed by atoms with van der Waals surface area (Å²) in [7, 11) is 0. The van der Waals surface area contributed by atoms with Crippen molar-refractivity contribution in [2.45, 2.75) is 26.9 Å². The van der Waals surface area contributed by atoms with Gasteiger partial charge < -0.3 is 9.15 Å². The first-order chi connectivity index (χ1) is 12.5. The lowest BCUT2D eigenvalue weighted by molar-refractivity contribution is -0.945. The highest BCUT2D eigenvalue weighted by Crippen LogP contribution is 2.37. The normalized spacial score (nSPS) is 16.4. The van der Waals surface area contributed by atoms with Crippen molar-refractivity contribution >= 4 is 22.6 Å². The first-order valence-corrected chi connectivity index (χ1v) is 8.78. The monoisotopic (exact) mass is 374 g/mol. The zero-order valence-electron chi connectivity index (χ0n) is 14.5. The lowest BCUT2D eigenvalue weighted by Gasteiger charge is -2.27. The van der Waals surface area contributed by atoms with Crippen molar-refractivity contribution in [2.75, 3.05) is 6.73 Å². The second-order valence-electron chi connectivity index (χ2n) is 6.67. The van der Waals surface area contributed by atoms with Crippen molar-refractivity contribution in [1.29, 1.82) is 0 Å². The van der Waals surface area contributed by atoms with Gasteiger partial charge in [-0.1, -0.05) is 29.8 Å². The van der Waals surface area contributed by atoms with E-state index in [0.29, 0.717) is 47.3 Å². The number of halogens is 2. The summed E-state index contributed by atoms with van der Waals surface area (Å²) in [5.41, 5.74) is 2.94. The molecule has 2 heterocycles. The van der Waals surface area contributed by atoms with E-state index in [1.807, 2.05) is 13.0 Å². The molecule has 1 atom stereocenters. The third kappa shape index (κ3) is 2.77. The van der Waals surface area contributed by atoms with Gasteiger partial charge in [0.1, 0.15) is 18.9 Å². The van der Waals surface area contributed by atoms with Crippen LogP contribution in [0.25, 0.3) is 11.0 Å². The molecule has 26 heavy (non-hydrogen) atoms. The van der Waals surface area contributed by atoms with Crippen LogP contribution >= 0.6 is 11.6 Å². The Morgan fingerprint density at radius 1 is 1.23 bits per heavy atom. The summed E-state index contributed by atoms with van der Waals surface area (Å²) >= 11 is 6.40. The van der Waals surface area contributed by atoms with E-state index in [9.17, 15) is 9.18 Å². The minimum absolute atomic E-state index is 0.236. The SMILES string of the molecule is Cc1c(C)c2cc(Cl)c3c(c2oc1=O)C[NH+](Cc1ccccc1F)CO3. The molecular formula is C20H18ClFNO3+. The second kappa shape index (κ2) is 6.41. The molecule has 1 aliphatic rings. The topological polar surface area (TPSA) is 43.9 Å². The fraction of sp³-hybridized carbons (Fsp3) is 0.250. The molecule has 0 fully saturated rings. The van der Waals surface area contributed by atoms with Gasteiger partial charge in [0, 0.05) is 16.5 Å². The highest BCUT2D eigenvalue weighted by Gasteiger charge is 2.28. The largest absolute Gasteiger partial charge is 0.443 e. The van der Waals surface area contributed by atoms with Crippen LogP contribution < -0.4 is 15.3 Å². The maximum Gasteiger partial charge on any atom is 0.339 e. The second-order valence-corrected chi connectivity index (χ2v) is 7.07. The molecule has 134 valence electrons. The van der Waals surface area contributed by atoms with Gasteiger partial charge in [-0.25, -0.2) is 9.18 Å². The molecule has 0 aliphatic carbocycles. The summed E-state index contributed by atoms with van der Waals surface area (Å²) in [5, 5.41) is 1.30. The van der Waals surface area contributed by atoms with Crippen molar-refractivity contribution in [2.24, 2.45) is 0 Å². The molecular weight excluding hydrogens is 357 g/mol. The molecule has 0 bridgehead atoms. The standard InChI is InChI=1S/C20H17ClFNO3/c1-11-12(2)20(24)26-18-14(11)7-16(21)19-15(18)9-23(10-25-19)8-13-5-3-4-6-17(13)22/h3-7H,8-10H2,1-2H3/p+1. The summed E-state index contributed by atoms with van der Waals surface area (Å²) in [4.78, 5) is 13.2. The number of rotatable bonds is 2. The van der Waals surface area contributed by atoms with E-state index >= 15 is 0 Å². The van der Waals surface area contributed by atoms with Crippen LogP contribution in [-0.4, -0.2) is 6.73 Å². The number of hydrogen-bond donors (Lipinski definition) is 1. The zero-order valence-corrected chi connectivity index (χ0v) is 15.2. The number of fused-ring (bicyclic) bond motifs is 3. The van der Waals surface area contributed by atoms with Crippen molar-refractivity contribution < 1.29 is 18.4 Å². The first kappa shape index (κ1) is 17.1. The van der Waals surface area contributed by atoms with E-state index in [-0.39, 0.29) is 11.4 Å². The van der Waals surface area contributed by atoms with Crippen LogP contribution in [-0.2, 0) is 13.1 Å². The van der Waals surface area contributed by atoms with E-state index in [2.05, 4.69) is 0 Å². The van der Waals surface area contributed by atoms with Gasteiger partial charge >= 0.3 is 5.63 Å². The fourth-order valence-corrected chi connectivity index (χ4v) is 3.68. The minimum atomic E-state index is -0.360. The van der Waals surface area contributed by atoms with Gasteiger partial charge in [-0.05, 0) is 31.5 Å². The Morgan fingerprint density at radius 2 is 2.00 bits per heavy atom. The Bertz CT molecular complexity index is 1080. The van der Waals surface area contributed by atoms with Crippen LogP contribution in [0.1, 0.15) is 22.3 Å². The molecule has 0 radical (unpaired) electrons. The van der Waals surface area contributed by atoms with Gasteiger partial charge in [0.15, 0.2) is 11.3 Å². The molecule has 1 N–H and O–H groups in total. The third-order valence-corrected chi connectivity index (χ3v) is 5.27. The molecule has 0 saturated heterocycles. The van der Waals surface area contributed by atoms with Crippen LogP contribution in [0, 0.1) is 19.7 Å². The average Bonchev–Trinajstić information content (AvgIpc) is 2.63. The smallest absolute Gasteiger partial charge is 0.339 e. The van der Waals surface area contributed by atoms with E-state index in [0.717, 1.165) is 21.4 Å². The Balaban J connectivity index is 1.79. The molecule has 1 aromatic heterocycles. The summed E-state index contributed by atoms with van der Waals surface area (Å²) in [5.74, 6) is 0.308. The van der Waals surface area contributed by atoms with E-state index < -0.39 is 0 Å². The molecule has 4 nitrogen and oxygen atoms in total. The summed E-state index contributed by atoms with van der Waals surface area (Å²) in [6.07, 6.45) is 0. The maximum absolute atomic E-state index is 14.0. The number of benzene rings is 2. The molecule has 3 aromatic rings. The van der Waals surface area contributed by atoms with Crippen molar-refractivity contribution in [3.8, 4) is 5.75 Å². The predicted octanol–water partition coefficient (Wildman–Crippen LogP) is 3.14. The number of aryl methyl sites for hydroxylation is 1. The number of ether oxygens (including phenoxy) is 1. The van der Waals surface area contributed by atoms with E-state index in [1.165, 1.54) is 6.07 Å². The third-order valence-electron chi connectivity index (χ3n) is 4.99. The van der Waals surface area contributed by atoms with Gasteiger partial charge in [-0.2, -0.15) is 0 Å². The molecule has 4 rings (SSSR count). The summed E-state index contributed by atoms with van der Waals surface area (Å²) in [6.45, 7) is 4.98. The highest BCUT2D eigenvalue weighted by atomic mass is 35.5. The quantitative estimate of drug-likeness (QED) is 0.701. The van der Waals surface area contributed by atoms with Crippen LogP contribution in [0.5, 0.6) is 5.75 Å². The molecule has 0 amide bonds. The zero-order chi connectivity index (χ0) is 18.4. The van der Waals surface area contributed by atoms with Gasteiger partial charge in [-0.3, -0.25) is 4.90 Å². The Hall–Kier alpha value is -2.37. The molecule has 0 spiro atoms. The van der Waals surface area contributed by atoms with Crippen LogP contribution in [0.2, 0.25) is 5.02 Å². The highest BCUT2D eigenvalue weighted by molar-refractivity contribution is 6.33. The van der Waals surface area contributed by atoms with Crippen molar-refractivity contribution in [3.63, 3.8) is 0 Å². The van der Waals surface area contributed by atoms with Crippen molar-refractivity contribution in [1.82, 2.24) is 0 Å². The molecule has 0 saturated carbocycles. The first-order valence-electron chi connectivity index (χ1n) is 8.41.